The summed E-state index contributed by atoms with van der Waals surface area (Å²) < 4.78 is 5.52. The summed E-state index contributed by atoms with van der Waals surface area (Å²) in [5, 5.41) is 0. The molecule has 0 amide bonds. The molecule has 1 nitrogen and oxygen atoms in total. The van der Waals surface area contributed by atoms with Gasteiger partial charge in [-0.2, -0.15) is 0 Å². The number of hydrogen-bond acceptors (Lipinski definition) is 1. The highest BCUT2D eigenvalue weighted by Crippen LogP contribution is 2.27. The van der Waals surface area contributed by atoms with Gasteiger partial charge < -0.3 is 4.74 Å². The average Bonchev–Trinajstić information content (AvgIpc) is 2.40. The Morgan fingerprint density at radius 3 is 2.53 bits per heavy atom. The topological polar surface area (TPSA) is 9.23 Å². The van der Waals surface area contributed by atoms with Crippen LogP contribution in [-0.4, -0.2) is 0 Å². The first kappa shape index (κ1) is 10.2. The van der Waals surface area contributed by atoms with Gasteiger partial charge in [-0.3, -0.25) is 0 Å². The van der Waals surface area contributed by atoms with Gasteiger partial charge in [-0.1, -0.05) is 54.6 Å². The van der Waals surface area contributed by atoms with E-state index in [1.165, 1.54) is 22.3 Å². The number of ether oxygens (including phenoxy) is 1. The van der Waals surface area contributed by atoms with Crippen LogP contribution in [0.25, 0.3) is 5.57 Å². The van der Waals surface area contributed by atoms with Gasteiger partial charge in [0.1, 0.15) is 6.61 Å². The van der Waals surface area contributed by atoms with E-state index in [0.717, 1.165) is 6.42 Å². The number of hydrogen-bond donors (Lipinski definition) is 0. The lowest BCUT2D eigenvalue weighted by Gasteiger charge is -2.18. The first-order chi connectivity index (χ1) is 8.43. The zero-order chi connectivity index (χ0) is 11.5. The maximum Gasteiger partial charge on any atom is 0.113 e. The van der Waals surface area contributed by atoms with Gasteiger partial charge >= 0.3 is 0 Å². The van der Waals surface area contributed by atoms with Crippen molar-refractivity contribution in [3.63, 3.8) is 0 Å². The molecule has 1 aliphatic rings. The molecule has 0 unspecified atom stereocenters. The van der Waals surface area contributed by atoms with Crippen LogP contribution >= 0.6 is 0 Å². The lowest BCUT2D eigenvalue weighted by Crippen LogP contribution is -2.03. The second-order valence-corrected chi connectivity index (χ2v) is 4.27. The second kappa shape index (κ2) is 4.46. The van der Waals surface area contributed by atoms with Gasteiger partial charge in [0, 0.05) is 6.42 Å². The Morgan fingerprint density at radius 2 is 1.65 bits per heavy atom. The standard InChI is InChI=1S/C16H14O/c1-2-6-13(7-3-1)10-15-12-17-11-14-8-4-5-9-16(14)15/h1-9,12H,10-11H2. The summed E-state index contributed by atoms with van der Waals surface area (Å²) in [6.07, 6.45) is 2.83. The molecule has 2 aromatic carbocycles. The number of allylic oxidation sites excluding steroid dienone is 1. The van der Waals surface area contributed by atoms with Crippen molar-refractivity contribution in [2.45, 2.75) is 13.0 Å². The molecular formula is C16H14O. The Hall–Kier alpha value is -2.02. The van der Waals surface area contributed by atoms with Crippen molar-refractivity contribution < 1.29 is 4.74 Å². The SMILES string of the molecule is C1=C(Cc2ccccc2)c2ccccc2CO1. The highest BCUT2D eigenvalue weighted by Gasteiger charge is 2.12. The first-order valence-electron chi connectivity index (χ1n) is 5.86. The fourth-order valence-electron chi connectivity index (χ4n) is 2.21. The van der Waals surface area contributed by atoms with Crippen LogP contribution in [0.1, 0.15) is 16.7 Å². The molecular weight excluding hydrogens is 208 g/mol. The zero-order valence-corrected chi connectivity index (χ0v) is 9.60. The number of fused-ring (bicyclic) bond motifs is 1. The number of benzene rings is 2. The zero-order valence-electron chi connectivity index (χ0n) is 9.60. The van der Waals surface area contributed by atoms with Gasteiger partial charge in [-0.25, -0.2) is 0 Å². The van der Waals surface area contributed by atoms with Crippen molar-refractivity contribution in [2.24, 2.45) is 0 Å². The lowest BCUT2D eigenvalue weighted by atomic mass is 9.94. The minimum atomic E-state index is 0.689. The molecule has 0 atom stereocenters. The van der Waals surface area contributed by atoms with Crippen molar-refractivity contribution in [1.29, 1.82) is 0 Å². The highest BCUT2D eigenvalue weighted by molar-refractivity contribution is 5.70. The van der Waals surface area contributed by atoms with Crippen molar-refractivity contribution in [3.8, 4) is 0 Å². The Morgan fingerprint density at radius 1 is 0.882 bits per heavy atom. The molecule has 0 radical (unpaired) electrons. The Bertz CT molecular complexity index is 540. The average molecular weight is 222 g/mol. The third-order valence-electron chi connectivity index (χ3n) is 3.07. The Labute approximate surface area is 101 Å². The molecule has 3 rings (SSSR count). The maximum atomic E-state index is 5.52. The molecule has 17 heavy (non-hydrogen) atoms. The van der Waals surface area contributed by atoms with Crippen LogP contribution in [0.3, 0.4) is 0 Å². The molecule has 0 N–H and O–H groups in total. The quantitative estimate of drug-likeness (QED) is 0.751. The molecule has 84 valence electrons. The van der Waals surface area contributed by atoms with E-state index in [9.17, 15) is 0 Å². The van der Waals surface area contributed by atoms with Gasteiger partial charge in [0.25, 0.3) is 0 Å². The predicted octanol–water partition coefficient (Wildman–Crippen LogP) is 3.80. The van der Waals surface area contributed by atoms with Gasteiger partial charge in [-0.05, 0) is 22.3 Å². The Balaban J connectivity index is 1.92. The highest BCUT2D eigenvalue weighted by atomic mass is 16.5. The molecule has 1 heterocycles. The van der Waals surface area contributed by atoms with Crippen LogP contribution in [0.4, 0.5) is 0 Å². The van der Waals surface area contributed by atoms with Crippen LogP contribution in [0, 0.1) is 0 Å². The molecule has 0 fully saturated rings. The van der Waals surface area contributed by atoms with E-state index in [-0.39, 0.29) is 0 Å². The van der Waals surface area contributed by atoms with E-state index in [4.69, 9.17) is 4.74 Å². The van der Waals surface area contributed by atoms with Crippen LogP contribution in [0.5, 0.6) is 0 Å². The van der Waals surface area contributed by atoms with E-state index < -0.39 is 0 Å². The summed E-state index contributed by atoms with van der Waals surface area (Å²) in [4.78, 5) is 0. The van der Waals surface area contributed by atoms with E-state index in [1.807, 2.05) is 12.3 Å². The fourth-order valence-corrected chi connectivity index (χ4v) is 2.21. The van der Waals surface area contributed by atoms with Gasteiger partial charge in [0.05, 0.1) is 6.26 Å². The van der Waals surface area contributed by atoms with E-state index in [2.05, 4.69) is 48.5 Å². The predicted molar refractivity (Wildman–Crippen MR) is 69.4 cm³/mol. The number of rotatable bonds is 2. The van der Waals surface area contributed by atoms with Crippen molar-refractivity contribution in [1.82, 2.24) is 0 Å². The van der Waals surface area contributed by atoms with Crippen LogP contribution in [0.15, 0.2) is 60.9 Å². The summed E-state index contributed by atoms with van der Waals surface area (Å²) >= 11 is 0. The third kappa shape index (κ3) is 2.09. The largest absolute Gasteiger partial charge is 0.496 e. The van der Waals surface area contributed by atoms with Gasteiger partial charge in [0.15, 0.2) is 0 Å². The van der Waals surface area contributed by atoms with Crippen LogP contribution in [0.2, 0.25) is 0 Å². The molecule has 1 heteroatoms. The Kier molecular flexibility index (Phi) is 2.66. The molecule has 0 aromatic heterocycles. The molecule has 2 aromatic rings. The smallest absolute Gasteiger partial charge is 0.113 e. The molecule has 0 aliphatic carbocycles. The van der Waals surface area contributed by atoms with E-state index >= 15 is 0 Å². The molecule has 0 saturated carbocycles. The van der Waals surface area contributed by atoms with Crippen molar-refractivity contribution in [3.05, 3.63) is 77.5 Å². The van der Waals surface area contributed by atoms with Crippen LogP contribution < -0.4 is 0 Å². The minimum Gasteiger partial charge on any atom is -0.496 e. The normalized spacial score (nSPS) is 13.5. The van der Waals surface area contributed by atoms with E-state index in [0.29, 0.717) is 6.61 Å². The van der Waals surface area contributed by atoms with Gasteiger partial charge in [0.2, 0.25) is 0 Å². The monoisotopic (exact) mass is 222 g/mol. The van der Waals surface area contributed by atoms with Crippen molar-refractivity contribution >= 4 is 5.57 Å². The van der Waals surface area contributed by atoms with E-state index in [1.54, 1.807) is 0 Å². The summed E-state index contributed by atoms with van der Waals surface area (Å²) in [6.45, 7) is 0.689. The minimum absolute atomic E-state index is 0.689. The second-order valence-electron chi connectivity index (χ2n) is 4.27. The molecule has 0 bridgehead atoms. The molecule has 0 saturated heterocycles. The van der Waals surface area contributed by atoms with Crippen molar-refractivity contribution in [2.75, 3.05) is 0 Å². The van der Waals surface area contributed by atoms with Crippen LogP contribution in [-0.2, 0) is 17.8 Å². The summed E-state index contributed by atoms with van der Waals surface area (Å²) in [5.41, 5.74) is 5.18. The molecule has 0 spiro atoms. The molecule has 1 aliphatic heterocycles. The fraction of sp³-hybridized carbons (Fsp3) is 0.125. The summed E-state index contributed by atoms with van der Waals surface area (Å²) in [6, 6.07) is 19.0. The van der Waals surface area contributed by atoms with Gasteiger partial charge in [-0.15, -0.1) is 0 Å². The third-order valence-corrected chi connectivity index (χ3v) is 3.07. The maximum absolute atomic E-state index is 5.52. The lowest BCUT2D eigenvalue weighted by molar-refractivity contribution is 0.232. The summed E-state index contributed by atoms with van der Waals surface area (Å²) in [5.74, 6) is 0. The summed E-state index contributed by atoms with van der Waals surface area (Å²) in [7, 11) is 0. The first-order valence-corrected chi connectivity index (χ1v) is 5.86.